The van der Waals surface area contributed by atoms with Gasteiger partial charge in [-0.25, -0.2) is 0 Å². The molecule has 6 heteroatoms. The van der Waals surface area contributed by atoms with Crippen molar-refractivity contribution in [2.24, 2.45) is 7.05 Å². The fourth-order valence-electron chi connectivity index (χ4n) is 4.21. The van der Waals surface area contributed by atoms with Crippen LogP contribution in [0.2, 0.25) is 0 Å². The third-order valence-corrected chi connectivity index (χ3v) is 7.32. The van der Waals surface area contributed by atoms with Gasteiger partial charge in [-0.15, -0.1) is 11.8 Å². The van der Waals surface area contributed by atoms with Crippen LogP contribution in [0, 0.1) is 0 Å². The molecule has 28 heavy (non-hydrogen) atoms. The van der Waals surface area contributed by atoms with Crippen LogP contribution in [0.1, 0.15) is 22.5 Å². The number of rotatable bonds is 4. The SMILES string of the molecule is Cn1ccc2cc(C(=O)N3CC4(C[C@H](OCc5ccccn5)CS4)C3)ccc21. The highest BCUT2D eigenvalue weighted by Gasteiger charge is 2.51. The number of ether oxygens (including phenoxy) is 1. The van der Waals surface area contributed by atoms with Crippen molar-refractivity contribution in [3.05, 3.63) is 66.1 Å². The lowest BCUT2D eigenvalue weighted by molar-refractivity contribution is 0.0245. The minimum Gasteiger partial charge on any atom is -0.371 e. The topological polar surface area (TPSA) is 47.4 Å². The Balaban J connectivity index is 1.18. The van der Waals surface area contributed by atoms with Gasteiger partial charge in [0.25, 0.3) is 5.91 Å². The number of carbonyl (C=O) groups is 1. The Labute approximate surface area is 168 Å². The molecule has 2 aromatic heterocycles. The fraction of sp³-hybridized carbons (Fsp3) is 0.364. The number of hydrogen-bond acceptors (Lipinski definition) is 4. The first kappa shape index (κ1) is 17.8. The van der Waals surface area contributed by atoms with Crippen molar-refractivity contribution in [2.75, 3.05) is 18.8 Å². The van der Waals surface area contributed by atoms with Gasteiger partial charge in [0.1, 0.15) is 0 Å². The normalized spacial score (nSPS) is 20.6. The molecule has 1 atom stereocenters. The minimum absolute atomic E-state index is 0.134. The maximum atomic E-state index is 12.9. The first-order valence-corrected chi connectivity index (χ1v) is 10.6. The molecule has 0 aliphatic carbocycles. The summed E-state index contributed by atoms with van der Waals surface area (Å²) in [6.07, 6.45) is 5.07. The van der Waals surface area contributed by atoms with E-state index in [2.05, 4.69) is 15.6 Å². The van der Waals surface area contributed by atoms with Crippen LogP contribution in [0.15, 0.2) is 54.9 Å². The third kappa shape index (κ3) is 3.20. The number of likely N-dealkylation sites (tertiary alicyclic amines) is 1. The summed E-state index contributed by atoms with van der Waals surface area (Å²) < 4.78 is 8.30. The van der Waals surface area contributed by atoms with Gasteiger partial charge in [0.2, 0.25) is 0 Å². The summed E-state index contributed by atoms with van der Waals surface area (Å²) >= 11 is 1.95. The maximum Gasteiger partial charge on any atom is 0.253 e. The highest BCUT2D eigenvalue weighted by Crippen LogP contribution is 2.46. The van der Waals surface area contributed by atoms with Crippen LogP contribution >= 0.6 is 11.8 Å². The van der Waals surface area contributed by atoms with Crippen LogP contribution in [-0.2, 0) is 18.4 Å². The van der Waals surface area contributed by atoms with Crippen LogP contribution in [0.25, 0.3) is 10.9 Å². The number of pyridine rings is 1. The number of nitrogens with zero attached hydrogens (tertiary/aromatic N) is 3. The van der Waals surface area contributed by atoms with E-state index in [0.29, 0.717) is 6.61 Å². The van der Waals surface area contributed by atoms with E-state index in [1.807, 2.05) is 66.3 Å². The van der Waals surface area contributed by atoms with Gasteiger partial charge in [-0.2, -0.15) is 0 Å². The Morgan fingerprint density at radius 3 is 3.00 bits per heavy atom. The van der Waals surface area contributed by atoms with E-state index >= 15 is 0 Å². The zero-order valence-electron chi connectivity index (χ0n) is 15.9. The second kappa shape index (κ2) is 6.94. The molecule has 1 spiro atoms. The van der Waals surface area contributed by atoms with E-state index in [1.54, 1.807) is 6.20 Å². The number of thioether (sulfide) groups is 1. The summed E-state index contributed by atoms with van der Waals surface area (Å²) in [7, 11) is 2.02. The molecule has 2 saturated heterocycles. The van der Waals surface area contributed by atoms with Gasteiger partial charge < -0.3 is 14.2 Å². The molecule has 5 nitrogen and oxygen atoms in total. The Bertz CT molecular complexity index is 1010. The second-order valence-corrected chi connectivity index (χ2v) is 9.30. The molecule has 0 unspecified atom stereocenters. The number of carbonyl (C=O) groups excluding carboxylic acids is 1. The third-order valence-electron chi connectivity index (χ3n) is 5.75. The van der Waals surface area contributed by atoms with Gasteiger partial charge in [0, 0.05) is 54.8 Å². The average Bonchev–Trinajstić information content (AvgIpc) is 3.29. The van der Waals surface area contributed by atoms with Gasteiger partial charge in [0.15, 0.2) is 0 Å². The molecule has 1 amide bonds. The van der Waals surface area contributed by atoms with E-state index in [4.69, 9.17) is 4.74 Å². The number of aromatic nitrogens is 2. The molecule has 3 aromatic rings. The molecule has 144 valence electrons. The molecule has 0 saturated carbocycles. The zero-order chi connectivity index (χ0) is 19.1. The lowest BCUT2D eigenvalue weighted by atomic mass is 9.92. The van der Waals surface area contributed by atoms with Gasteiger partial charge in [-0.1, -0.05) is 6.07 Å². The first-order chi connectivity index (χ1) is 13.6. The molecular weight excluding hydrogens is 370 g/mol. The highest BCUT2D eigenvalue weighted by molar-refractivity contribution is 8.01. The van der Waals surface area contributed by atoms with Crippen LogP contribution in [0.4, 0.5) is 0 Å². The van der Waals surface area contributed by atoms with E-state index < -0.39 is 0 Å². The Kier molecular flexibility index (Phi) is 4.40. The van der Waals surface area contributed by atoms with E-state index in [0.717, 1.165) is 47.4 Å². The maximum absolute atomic E-state index is 12.9. The molecule has 0 radical (unpaired) electrons. The van der Waals surface area contributed by atoms with Crippen molar-refractivity contribution in [3.63, 3.8) is 0 Å². The molecule has 2 aliphatic rings. The fourth-order valence-corrected chi connectivity index (χ4v) is 5.76. The van der Waals surface area contributed by atoms with Gasteiger partial charge >= 0.3 is 0 Å². The predicted octanol–water partition coefficient (Wildman–Crippen LogP) is 3.49. The summed E-state index contributed by atoms with van der Waals surface area (Å²) in [4.78, 5) is 19.2. The number of aryl methyl sites for hydroxylation is 1. The summed E-state index contributed by atoms with van der Waals surface area (Å²) in [5.74, 6) is 1.13. The molecule has 5 rings (SSSR count). The van der Waals surface area contributed by atoms with Gasteiger partial charge in [-0.3, -0.25) is 9.78 Å². The van der Waals surface area contributed by atoms with Crippen molar-refractivity contribution in [1.29, 1.82) is 0 Å². The van der Waals surface area contributed by atoms with Gasteiger partial charge in [0.05, 0.1) is 23.2 Å². The quantitative estimate of drug-likeness (QED) is 0.681. The second-order valence-electron chi connectivity index (χ2n) is 7.81. The highest BCUT2D eigenvalue weighted by atomic mass is 32.2. The van der Waals surface area contributed by atoms with Gasteiger partial charge in [-0.05, 0) is 42.8 Å². The molecule has 2 fully saturated rings. The zero-order valence-corrected chi connectivity index (χ0v) is 16.7. The van der Waals surface area contributed by atoms with E-state index in [-0.39, 0.29) is 16.8 Å². The molecule has 0 N–H and O–H groups in total. The largest absolute Gasteiger partial charge is 0.371 e. The van der Waals surface area contributed by atoms with Crippen LogP contribution in [0.3, 0.4) is 0 Å². The van der Waals surface area contributed by atoms with Crippen molar-refractivity contribution < 1.29 is 9.53 Å². The smallest absolute Gasteiger partial charge is 0.253 e. The van der Waals surface area contributed by atoms with Crippen LogP contribution < -0.4 is 0 Å². The van der Waals surface area contributed by atoms with Crippen molar-refractivity contribution in [1.82, 2.24) is 14.5 Å². The van der Waals surface area contributed by atoms with E-state index in [9.17, 15) is 4.79 Å². The average molecular weight is 394 g/mol. The lowest BCUT2D eigenvalue weighted by Crippen LogP contribution is -2.60. The molecule has 2 aliphatic heterocycles. The molecule has 4 heterocycles. The Hall–Kier alpha value is -2.31. The number of amides is 1. The number of benzene rings is 1. The lowest BCUT2D eigenvalue weighted by Gasteiger charge is -2.47. The van der Waals surface area contributed by atoms with Crippen molar-refractivity contribution in [2.45, 2.75) is 23.9 Å². The summed E-state index contributed by atoms with van der Waals surface area (Å²) in [6, 6.07) is 13.9. The predicted molar refractivity (Wildman–Crippen MR) is 111 cm³/mol. The van der Waals surface area contributed by atoms with Crippen LogP contribution in [-0.4, -0.2) is 50.1 Å². The van der Waals surface area contributed by atoms with Crippen molar-refractivity contribution >= 4 is 28.6 Å². The first-order valence-electron chi connectivity index (χ1n) is 9.62. The van der Waals surface area contributed by atoms with Crippen LogP contribution in [0.5, 0.6) is 0 Å². The number of fused-ring (bicyclic) bond motifs is 1. The minimum atomic E-state index is 0.134. The molecular formula is C22H23N3O2S. The molecule has 1 aromatic carbocycles. The van der Waals surface area contributed by atoms with Crippen molar-refractivity contribution in [3.8, 4) is 0 Å². The Morgan fingerprint density at radius 2 is 2.18 bits per heavy atom. The molecule has 0 bridgehead atoms. The monoisotopic (exact) mass is 393 g/mol. The Morgan fingerprint density at radius 1 is 1.29 bits per heavy atom. The standard InChI is InChI=1S/C22H23N3O2S/c1-24-9-7-16-10-17(5-6-20(16)24)21(26)25-14-22(15-25)11-19(13-28-22)27-12-18-4-2-3-8-23-18/h2-10,19H,11-15H2,1H3/t19-/m0/s1. The summed E-state index contributed by atoms with van der Waals surface area (Å²) in [6.45, 7) is 2.18. The summed E-state index contributed by atoms with van der Waals surface area (Å²) in [5, 5.41) is 1.11. The number of hydrogen-bond donors (Lipinski definition) is 0. The van der Waals surface area contributed by atoms with E-state index in [1.165, 1.54) is 0 Å². The summed E-state index contributed by atoms with van der Waals surface area (Å²) in [5.41, 5.74) is 2.89.